The molecule has 0 saturated carbocycles. The average Bonchev–Trinajstić information content (AvgIpc) is 2.16. The minimum absolute atomic E-state index is 0.162. The molecule has 0 aliphatic heterocycles. The van der Waals surface area contributed by atoms with E-state index in [0.717, 1.165) is 19.3 Å². The van der Waals surface area contributed by atoms with Gasteiger partial charge in [0, 0.05) is 12.4 Å². The van der Waals surface area contributed by atoms with Crippen LogP contribution in [0.15, 0.2) is 24.5 Å². The van der Waals surface area contributed by atoms with Gasteiger partial charge in [-0.2, -0.15) is 0 Å². The van der Waals surface area contributed by atoms with E-state index in [4.69, 9.17) is 0 Å². The molecule has 12 heavy (non-hydrogen) atoms. The predicted molar refractivity (Wildman–Crippen MR) is 48.9 cm³/mol. The van der Waals surface area contributed by atoms with Gasteiger partial charge < -0.3 is 5.11 Å². The molecule has 1 atom stereocenters. The highest BCUT2D eigenvalue weighted by Crippen LogP contribution is 2.04. The number of rotatable bonds is 4. The second-order valence-corrected chi connectivity index (χ2v) is 2.96. The minimum atomic E-state index is -0.162. The molecule has 0 spiro atoms. The predicted octanol–water partition coefficient (Wildman–Crippen LogP) is 1.79. The number of hydrogen-bond donors (Lipinski definition) is 1. The van der Waals surface area contributed by atoms with Crippen LogP contribution in [0.3, 0.4) is 0 Å². The summed E-state index contributed by atoms with van der Waals surface area (Å²) < 4.78 is 0. The van der Waals surface area contributed by atoms with Crippen LogP contribution < -0.4 is 0 Å². The lowest BCUT2D eigenvalue weighted by Crippen LogP contribution is -2.05. The van der Waals surface area contributed by atoms with Crippen LogP contribution in [0, 0.1) is 0 Å². The number of nitrogens with zero attached hydrogens (tertiary/aromatic N) is 1. The quantitative estimate of drug-likeness (QED) is 0.737. The molecule has 0 saturated heterocycles. The summed E-state index contributed by atoms with van der Waals surface area (Å²) in [7, 11) is 0. The van der Waals surface area contributed by atoms with Crippen LogP contribution in [0.5, 0.6) is 0 Å². The molecule has 66 valence electrons. The van der Waals surface area contributed by atoms with Gasteiger partial charge in [0.05, 0.1) is 6.10 Å². The van der Waals surface area contributed by atoms with E-state index in [1.54, 1.807) is 6.20 Å². The van der Waals surface area contributed by atoms with E-state index in [-0.39, 0.29) is 6.10 Å². The zero-order valence-corrected chi connectivity index (χ0v) is 7.40. The lowest BCUT2D eigenvalue weighted by atomic mass is 10.1. The molecule has 0 aliphatic rings. The van der Waals surface area contributed by atoms with Crippen LogP contribution in [0.2, 0.25) is 0 Å². The van der Waals surface area contributed by atoms with Gasteiger partial charge in [-0.25, -0.2) is 0 Å². The second kappa shape index (κ2) is 4.88. The standard InChI is InChI=1S/C10H15NO/c1-2-10(12)6-5-9-4-3-7-11-8-9/h3-4,7-8,10,12H,2,5-6H2,1H3. The third kappa shape index (κ3) is 3.01. The topological polar surface area (TPSA) is 33.1 Å². The van der Waals surface area contributed by atoms with Gasteiger partial charge in [-0.05, 0) is 30.9 Å². The van der Waals surface area contributed by atoms with E-state index in [2.05, 4.69) is 4.98 Å². The molecular weight excluding hydrogens is 150 g/mol. The lowest BCUT2D eigenvalue weighted by Gasteiger charge is -2.06. The number of aliphatic hydroxyl groups is 1. The van der Waals surface area contributed by atoms with Gasteiger partial charge in [0.2, 0.25) is 0 Å². The smallest absolute Gasteiger partial charge is 0.0540 e. The Morgan fingerprint density at radius 2 is 2.42 bits per heavy atom. The molecular formula is C10H15NO. The summed E-state index contributed by atoms with van der Waals surface area (Å²) in [4.78, 5) is 4.01. The number of aliphatic hydroxyl groups excluding tert-OH is 1. The first kappa shape index (κ1) is 9.20. The first-order valence-electron chi connectivity index (χ1n) is 4.40. The fourth-order valence-electron chi connectivity index (χ4n) is 1.08. The van der Waals surface area contributed by atoms with E-state index in [1.165, 1.54) is 5.56 Å². The summed E-state index contributed by atoms with van der Waals surface area (Å²) in [6, 6.07) is 3.96. The molecule has 0 aromatic carbocycles. The summed E-state index contributed by atoms with van der Waals surface area (Å²) in [5.41, 5.74) is 1.20. The van der Waals surface area contributed by atoms with Crippen molar-refractivity contribution in [1.82, 2.24) is 4.98 Å². The Kier molecular flexibility index (Phi) is 3.74. The van der Waals surface area contributed by atoms with E-state index < -0.39 is 0 Å². The highest BCUT2D eigenvalue weighted by Gasteiger charge is 2.00. The Morgan fingerprint density at radius 3 is 3.00 bits per heavy atom. The monoisotopic (exact) mass is 165 g/mol. The normalized spacial score (nSPS) is 12.8. The van der Waals surface area contributed by atoms with Gasteiger partial charge >= 0.3 is 0 Å². The van der Waals surface area contributed by atoms with E-state index in [9.17, 15) is 5.11 Å². The van der Waals surface area contributed by atoms with Crippen molar-refractivity contribution in [2.75, 3.05) is 0 Å². The summed E-state index contributed by atoms with van der Waals surface area (Å²) in [5.74, 6) is 0. The Labute approximate surface area is 73.3 Å². The molecule has 1 aromatic rings. The van der Waals surface area contributed by atoms with Gasteiger partial charge in [0.15, 0.2) is 0 Å². The molecule has 2 heteroatoms. The van der Waals surface area contributed by atoms with Gasteiger partial charge in [-0.3, -0.25) is 4.98 Å². The maximum Gasteiger partial charge on any atom is 0.0540 e. The molecule has 0 radical (unpaired) electrons. The van der Waals surface area contributed by atoms with Gasteiger partial charge in [-0.1, -0.05) is 13.0 Å². The molecule has 0 aliphatic carbocycles. The van der Waals surface area contributed by atoms with Crippen molar-refractivity contribution in [1.29, 1.82) is 0 Å². The van der Waals surface area contributed by atoms with Crippen molar-refractivity contribution >= 4 is 0 Å². The van der Waals surface area contributed by atoms with Crippen LogP contribution in [0.1, 0.15) is 25.3 Å². The third-order valence-electron chi connectivity index (χ3n) is 1.96. The Morgan fingerprint density at radius 1 is 1.58 bits per heavy atom. The van der Waals surface area contributed by atoms with Crippen molar-refractivity contribution in [2.45, 2.75) is 32.3 Å². The van der Waals surface area contributed by atoms with Crippen molar-refractivity contribution in [3.05, 3.63) is 30.1 Å². The van der Waals surface area contributed by atoms with Gasteiger partial charge in [0.25, 0.3) is 0 Å². The summed E-state index contributed by atoms with van der Waals surface area (Å²) in [6.45, 7) is 1.99. The number of aryl methyl sites for hydroxylation is 1. The first-order chi connectivity index (χ1) is 5.83. The molecule has 1 heterocycles. The van der Waals surface area contributed by atoms with Crippen LogP contribution in [-0.2, 0) is 6.42 Å². The van der Waals surface area contributed by atoms with Crippen LogP contribution >= 0.6 is 0 Å². The second-order valence-electron chi connectivity index (χ2n) is 2.96. The lowest BCUT2D eigenvalue weighted by molar-refractivity contribution is 0.160. The Balaban J connectivity index is 2.33. The van der Waals surface area contributed by atoms with E-state index in [1.807, 2.05) is 25.3 Å². The van der Waals surface area contributed by atoms with Crippen LogP contribution in [0.4, 0.5) is 0 Å². The molecule has 0 bridgehead atoms. The first-order valence-corrected chi connectivity index (χ1v) is 4.40. The zero-order chi connectivity index (χ0) is 8.81. The highest BCUT2D eigenvalue weighted by atomic mass is 16.3. The van der Waals surface area contributed by atoms with E-state index in [0.29, 0.717) is 0 Å². The average molecular weight is 165 g/mol. The van der Waals surface area contributed by atoms with Crippen molar-refractivity contribution < 1.29 is 5.11 Å². The number of hydrogen-bond acceptors (Lipinski definition) is 2. The van der Waals surface area contributed by atoms with Crippen molar-refractivity contribution in [3.8, 4) is 0 Å². The molecule has 1 aromatic heterocycles. The SMILES string of the molecule is CCC(O)CCc1cccnc1. The van der Waals surface area contributed by atoms with Crippen molar-refractivity contribution in [3.63, 3.8) is 0 Å². The molecule has 1 unspecified atom stereocenters. The summed E-state index contributed by atoms with van der Waals surface area (Å²) in [5, 5.41) is 9.30. The fraction of sp³-hybridized carbons (Fsp3) is 0.500. The maximum atomic E-state index is 9.30. The molecule has 0 fully saturated rings. The van der Waals surface area contributed by atoms with E-state index >= 15 is 0 Å². The molecule has 2 nitrogen and oxygen atoms in total. The highest BCUT2D eigenvalue weighted by molar-refractivity contribution is 5.08. The van der Waals surface area contributed by atoms with Crippen molar-refractivity contribution in [2.24, 2.45) is 0 Å². The molecule has 0 amide bonds. The number of pyridine rings is 1. The van der Waals surface area contributed by atoms with Gasteiger partial charge in [0.1, 0.15) is 0 Å². The van der Waals surface area contributed by atoms with Crippen LogP contribution in [0.25, 0.3) is 0 Å². The largest absolute Gasteiger partial charge is 0.393 e. The van der Waals surface area contributed by atoms with Crippen LogP contribution in [-0.4, -0.2) is 16.2 Å². The summed E-state index contributed by atoms with van der Waals surface area (Å²) in [6.07, 6.45) is 6.04. The number of aromatic nitrogens is 1. The maximum absolute atomic E-state index is 9.30. The minimum Gasteiger partial charge on any atom is -0.393 e. The molecule has 1 rings (SSSR count). The fourth-order valence-corrected chi connectivity index (χ4v) is 1.08. The third-order valence-corrected chi connectivity index (χ3v) is 1.96. The Bertz CT molecular complexity index is 210. The van der Waals surface area contributed by atoms with Gasteiger partial charge in [-0.15, -0.1) is 0 Å². The summed E-state index contributed by atoms with van der Waals surface area (Å²) >= 11 is 0. The zero-order valence-electron chi connectivity index (χ0n) is 7.40. The molecule has 1 N–H and O–H groups in total. The Hall–Kier alpha value is -0.890.